The Morgan fingerprint density at radius 3 is 2.79 bits per heavy atom. The van der Waals surface area contributed by atoms with Crippen LogP contribution in [-0.2, 0) is 10.3 Å². The number of nitrogens with zero attached hydrogens (tertiary/aromatic N) is 1. The molecule has 1 saturated heterocycles. The van der Waals surface area contributed by atoms with Crippen molar-refractivity contribution in [1.29, 1.82) is 5.26 Å². The van der Waals surface area contributed by atoms with Gasteiger partial charge in [-0.15, -0.1) is 0 Å². The predicted molar refractivity (Wildman–Crippen MR) is 48.9 cm³/mol. The molecule has 0 radical (unpaired) electrons. The number of halogens is 1. The molecule has 1 fully saturated rings. The van der Waals surface area contributed by atoms with Crippen LogP contribution in [0.2, 0.25) is 0 Å². The van der Waals surface area contributed by atoms with E-state index in [1.165, 1.54) is 6.07 Å². The molecule has 0 saturated carbocycles. The summed E-state index contributed by atoms with van der Waals surface area (Å²) in [6.45, 7) is 1.89. The molecule has 0 N–H and O–H groups in total. The van der Waals surface area contributed by atoms with Gasteiger partial charge in [0.2, 0.25) is 0 Å². The third-order valence-corrected chi connectivity index (χ3v) is 2.67. The molecule has 2 rings (SSSR count). The second-order valence-corrected chi connectivity index (χ2v) is 3.35. The summed E-state index contributed by atoms with van der Waals surface area (Å²) in [7, 11) is 0. The third kappa shape index (κ3) is 1.11. The van der Waals surface area contributed by atoms with Gasteiger partial charge in [-0.1, -0.05) is 25.1 Å². The number of ether oxygens (including phenoxy) is 1. The summed E-state index contributed by atoms with van der Waals surface area (Å²) >= 11 is 0. The molecule has 1 heterocycles. The largest absolute Gasteiger partial charge is 0.345 e. The number of benzene rings is 1. The number of epoxide rings is 1. The molecule has 1 aromatic rings. The molecule has 2 unspecified atom stereocenters. The van der Waals surface area contributed by atoms with Crippen molar-refractivity contribution in [2.45, 2.75) is 25.0 Å². The van der Waals surface area contributed by atoms with Crippen molar-refractivity contribution >= 4 is 0 Å². The second-order valence-electron chi connectivity index (χ2n) is 3.35. The molecule has 0 bridgehead atoms. The Hall–Kier alpha value is -1.40. The summed E-state index contributed by atoms with van der Waals surface area (Å²) in [6.07, 6.45) is 0.121. The van der Waals surface area contributed by atoms with Crippen molar-refractivity contribution < 1.29 is 9.13 Å². The quantitative estimate of drug-likeness (QED) is 0.673. The maximum absolute atomic E-state index is 13.4. The van der Waals surface area contributed by atoms with E-state index in [1.807, 2.05) is 13.0 Å². The van der Waals surface area contributed by atoms with Crippen LogP contribution in [0.5, 0.6) is 0 Å². The van der Waals surface area contributed by atoms with Crippen molar-refractivity contribution in [3.05, 3.63) is 35.6 Å². The molecule has 1 aliphatic rings. The van der Waals surface area contributed by atoms with Gasteiger partial charge < -0.3 is 4.74 Å². The molecular formula is C11H10FNO. The molecule has 72 valence electrons. The van der Waals surface area contributed by atoms with E-state index < -0.39 is 11.7 Å². The Kier molecular flexibility index (Phi) is 2.01. The van der Waals surface area contributed by atoms with Crippen LogP contribution in [0.25, 0.3) is 0 Å². The SMILES string of the molecule is CCC1(c2ccccc2F)OC1C#N. The minimum Gasteiger partial charge on any atom is -0.345 e. The highest BCUT2D eigenvalue weighted by Gasteiger charge is 2.58. The van der Waals surface area contributed by atoms with Gasteiger partial charge in [0.25, 0.3) is 0 Å². The average molecular weight is 191 g/mol. The molecule has 3 heteroatoms. The minimum absolute atomic E-state index is 0.299. The van der Waals surface area contributed by atoms with Gasteiger partial charge in [0.05, 0.1) is 6.07 Å². The first kappa shape index (κ1) is 9.17. The Labute approximate surface area is 81.9 Å². The van der Waals surface area contributed by atoms with Crippen molar-refractivity contribution in [3.63, 3.8) is 0 Å². The molecular weight excluding hydrogens is 181 g/mol. The average Bonchev–Trinajstić information content (AvgIpc) is 2.93. The second kappa shape index (κ2) is 3.07. The molecule has 0 aromatic heterocycles. The van der Waals surface area contributed by atoms with Crippen LogP contribution in [-0.4, -0.2) is 6.10 Å². The van der Waals surface area contributed by atoms with Crippen molar-refractivity contribution in [1.82, 2.24) is 0 Å². The van der Waals surface area contributed by atoms with Crippen LogP contribution in [0.1, 0.15) is 18.9 Å². The van der Waals surface area contributed by atoms with E-state index in [1.54, 1.807) is 18.2 Å². The van der Waals surface area contributed by atoms with E-state index in [0.717, 1.165) is 0 Å². The highest BCUT2D eigenvalue weighted by molar-refractivity contribution is 5.33. The molecule has 1 aromatic carbocycles. The van der Waals surface area contributed by atoms with Crippen LogP contribution in [0.4, 0.5) is 4.39 Å². The zero-order valence-electron chi connectivity index (χ0n) is 7.83. The third-order valence-electron chi connectivity index (χ3n) is 2.67. The Bertz CT molecular complexity index is 399. The number of hydrogen-bond acceptors (Lipinski definition) is 2. The fraction of sp³-hybridized carbons (Fsp3) is 0.364. The Morgan fingerprint density at radius 2 is 2.29 bits per heavy atom. The zero-order chi connectivity index (χ0) is 10.2. The molecule has 2 atom stereocenters. The van der Waals surface area contributed by atoms with Crippen LogP contribution < -0.4 is 0 Å². The first-order valence-corrected chi connectivity index (χ1v) is 4.57. The monoisotopic (exact) mass is 191 g/mol. The van der Waals surface area contributed by atoms with E-state index in [9.17, 15) is 4.39 Å². The van der Waals surface area contributed by atoms with Gasteiger partial charge in [0.1, 0.15) is 11.4 Å². The van der Waals surface area contributed by atoms with E-state index >= 15 is 0 Å². The summed E-state index contributed by atoms with van der Waals surface area (Å²) in [6, 6.07) is 8.47. The van der Waals surface area contributed by atoms with Crippen LogP contribution in [0.3, 0.4) is 0 Å². The lowest BCUT2D eigenvalue weighted by molar-refractivity contribution is 0.289. The van der Waals surface area contributed by atoms with Gasteiger partial charge in [-0.05, 0) is 12.5 Å². The number of hydrogen-bond donors (Lipinski definition) is 0. The van der Waals surface area contributed by atoms with Gasteiger partial charge in [-0.2, -0.15) is 5.26 Å². The Balaban J connectivity index is 2.41. The molecule has 0 spiro atoms. The lowest BCUT2D eigenvalue weighted by Crippen LogP contribution is -2.12. The first-order chi connectivity index (χ1) is 6.74. The molecule has 14 heavy (non-hydrogen) atoms. The topological polar surface area (TPSA) is 36.3 Å². The van der Waals surface area contributed by atoms with Gasteiger partial charge in [-0.25, -0.2) is 4.39 Å². The van der Waals surface area contributed by atoms with Crippen molar-refractivity contribution in [2.75, 3.05) is 0 Å². The van der Waals surface area contributed by atoms with Crippen molar-refractivity contribution in [3.8, 4) is 6.07 Å². The minimum atomic E-state index is -0.694. The summed E-state index contributed by atoms with van der Waals surface area (Å²) in [5.41, 5.74) is -0.200. The van der Waals surface area contributed by atoms with Crippen LogP contribution in [0.15, 0.2) is 24.3 Å². The lowest BCUT2D eigenvalue weighted by Gasteiger charge is -2.09. The fourth-order valence-electron chi connectivity index (χ4n) is 1.78. The maximum atomic E-state index is 13.4. The summed E-state index contributed by atoms with van der Waals surface area (Å²) in [5.74, 6) is -0.299. The fourth-order valence-corrected chi connectivity index (χ4v) is 1.78. The van der Waals surface area contributed by atoms with E-state index in [-0.39, 0.29) is 5.82 Å². The van der Waals surface area contributed by atoms with E-state index in [4.69, 9.17) is 10.00 Å². The first-order valence-electron chi connectivity index (χ1n) is 4.57. The molecule has 0 aliphatic carbocycles. The predicted octanol–water partition coefficient (Wildman–Crippen LogP) is 2.35. The number of nitriles is 1. The molecule has 2 nitrogen and oxygen atoms in total. The highest BCUT2D eigenvalue weighted by atomic mass is 19.1. The normalized spacial score (nSPS) is 29.6. The van der Waals surface area contributed by atoms with Crippen molar-refractivity contribution in [2.24, 2.45) is 0 Å². The summed E-state index contributed by atoms with van der Waals surface area (Å²) in [4.78, 5) is 0. The van der Waals surface area contributed by atoms with Crippen LogP contribution in [0, 0.1) is 17.1 Å². The van der Waals surface area contributed by atoms with Gasteiger partial charge >= 0.3 is 0 Å². The summed E-state index contributed by atoms with van der Waals surface area (Å²) in [5, 5.41) is 8.73. The van der Waals surface area contributed by atoms with E-state index in [2.05, 4.69) is 0 Å². The number of rotatable bonds is 2. The van der Waals surface area contributed by atoms with Crippen LogP contribution >= 0.6 is 0 Å². The van der Waals surface area contributed by atoms with Gasteiger partial charge in [0.15, 0.2) is 6.10 Å². The summed E-state index contributed by atoms with van der Waals surface area (Å²) < 4.78 is 18.7. The van der Waals surface area contributed by atoms with E-state index in [0.29, 0.717) is 12.0 Å². The zero-order valence-corrected chi connectivity index (χ0v) is 7.83. The van der Waals surface area contributed by atoms with Gasteiger partial charge in [0, 0.05) is 5.56 Å². The smallest absolute Gasteiger partial charge is 0.178 e. The highest BCUT2D eigenvalue weighted by Crippen LogP contribution is 2.49. The lowest BCUT2D eigenvalue weighted by atomic mass is 9.93. The molecule has 1 aliphatic heterocycles. The standard InChI is InChI=1S/C11H10FNO/c1-2-11(10(7-13)14-11)8-5-3-4-6-9(8)12/h3-6,10H,2H2,1H3. The molecule has 0 amide bonds. The van der Waals surface area contributed by atoms with Gasteiger partial charge in [-0.3, -0.25) is 0 Å². The maximum Gasteiger partial charge on any atom is 0.178 e. The Morgan fingerprint density at radius 1 is 1.57 bits per heavy atom.